The Morgan fingerprint density at radius 1 is 1.21 bits per heavy atom. The highest BCUT2D eigenvalue weighted by Crippen LogP contribution is 2.36. The molecule has 156 valence electrons. The lowest BCUT2D eigenvalue weighted by Gasteiger charge is -2.49. The van der Waals surface area contributed by atoms with E-state index in [4.69, 9.17) is 0 Å². The first-order chi connectivity index (χ1) is 13.8. The monoisotopic (exact) mass is 451 g/mol. The Labute approximate surface area is 180 Å². The molecule has 0 saturated carbocycles. The molecule has 9 heteroatoms. The minimum absolute atomic E-state index is 0.0000521. The number of hydrogen-bond acceptors (Lipinski definition) is 6. The number of anilines is 1. The first kappa shape index (κ1) is 20.7. The van der Waals surface area contributed by atoms with Gasteiger partial charge in [-0.05, 0) is 69.1 Å². The number of amides is 1. The van der Waals surface area contributed by atoms with Crippen molar-refractivity contribution in [3.63, 3.8) is 0 Å². The summed E-state index contributed by atoms with van der Waals surface area (Å²) in [6, 6.07) is 11.7. The lowest BCUT2D eigenvalue weighted by molar-refractivity contribution is 0.0218. The van der Waals surface area contributed by atoms with Crippen molar-refractivity contribution in [2.75, 3.05) is 24.1 Å². The van der Waals surface area contributed by atoms with Gasteiger partial charge >= 0.3 is 0 Å². The molecule has 1 amide bonds. The van der Waals surface area contributed by atoms with E-state index >= 15 is 0 Å². The van der Waals surface area contributed by atoms with Crippen LogP contribution in [0.25, 0.3) is 0 Å². The van der Waals surface area contributed by atoms with Crippen LogP contribution in [0.3, 0.4) is 0 Å². The Hall–Kier alpha value is -1.55. The number of benzene rings is 1. The quantitative estimate of drug-likeness (QED) is 0.703. The molecular formula is C20H25N3O3S3. The van der Waals surface area contributed by atoms with E-state index in [0.29, 0.717) is 22.5 Å². The van der Waals surface area contributed by atoms with Crippen molar-refractivity contribution in [3.8, 4) is 0 Å². The number of hydrogen-bond donors (Lipinski definition) is 2. The molecule has 0 aliphatic carbocycles. The zero-order chi connectivity index (χ0) is 20.6. The van der Waals surface area contributed by atoms with Crippen molar-refractivity contribution in [2.45, 2.75) is 41.0 Å². The van der Waals surface area contributed by atoms with Crippen LogP contribution in [0.1, 0.15) is 29.4 Å². The van der Waals surface area contributed by atoms with Crippen LogP contribution in [0.15, 0.2) is 45.5 Å². The third-order valence-electron chi connectivity index (χ3n) is 5.64. The first-order valence-corrected chi connectivity index (χ1v) is 13.2. The molecule has 0 unspecified atom stereocenters. The minimum Gasteiger partial charge on any atom is -0.347 e. The number of carbonyl (C=O) groups is 1. The summed E-state index contributed by atoms with van der Waals surface area (Å²) < 4.78 is 26.3. The van der Waals surface area contributed by atoms with Gasteiger partial charge in [0.2, 0.25) is 10.0 Å². The molecule has 1 aromatic carbocycles. The molecule has 0 spiro atoms. The van der Waals surface area contributed by atoms with Gasteiger partial charge in [0.25, 0.3) is 5.91 Å². The summed E-state index contributed by atoms with van der Waals surface area (Å²) in [5.41, 5.74) is 0.531. The third kappa shape index (κ3) is 4.96. The van der Waals surface area contributed by atoms with E-state index in [-0.39, 0.29) is 11.9 Å². The second kappa shape index (κ2) is 8.29. The molecule has 3 saturated heterocycles. The Kier molecular flexibility index (Phi) is 5.92. The number of nitrogens with one attached hydrogen (secondary N) is 2. The average molecular weight is 452 g/mol. The fourth-order valence-corrected chi connectivity index (χ4v) is 6.84. The van der Waals surface area contributed by atoms with E-state index < -0.39 is 10.0 Å². The van der Waals surface area contributed by atoms with Crippen molar-refractivity contribution in [1.82, 2.24) is 10.2 Å². The number of rotatable bonds is 6. The number of piperidine rings is 3. The van der Waals surface area contributed by atoms with Crippen LogP contribution in [0.2, 0.25) is 0 Å². The Balaban J connectivity index is 1.41. The van der Waals surface area contributed by atoms with E-state index in [2.05, 4.69) is 21.9 Å². The van der Waals surface area contributed by atoms with E-state index in [0.717, 1.165) is 28.4 Å². The predicted molar refractivity (Wildman–Crippen MR) is 118 cm³/mol. The highest BCUT2D eigenvalue weighted by Gasteiger charge is 2.40. The van der Waals surface area contributed by atoms with Gasteiger partial charge < -0.3 is 5.32 Å². The van der Waals surface area contributed by atoms with E-state index in [1.807, 2.05) is 24.3 Å². The van der Waals surface area contributed by atoms with Crippen molar-refractivity contribution < 1.29 is 13.2 Å². The molecule has 3 aliphatic rings. The van der Waals surface area contributed by atoms with Crippen molar-refractivity contribution in [2.24, 2.45) is 5.92 Å². The van der Waals surface area contributed by atoms with Gasteiger partial charge in [0.1, 0.15) is 0 Å². The number of carbonyl (C=O) groups excluding carboxylic acids is 1. The SMILES string of the molecule is C[C@@H]1[C@H](NC(=O)c2ccc(Sc3cccc(NS(C)(=O)=O)c3)s2)C2CCN1CC2. The summed E-state index contributed by atoms with van der Waals surface area (Å²) in [7, 11) is -3.31. The molecule has 2 bridgehead atoms. The summed E-state index contributed by atoms with van der Waals surface area (Å²) in [4.78, 5) is 16.9. The van der Waals surface area contributed by atoms with Crippen molar-refractivity contribution in [3.05, 3.63) is 41.3 Å². The normalized spacial score (nSPS) is 26.3. The summed E-state index contributed by atoms with van der Waals surface area (Å²) in [6.07, 6.45) is 3.46. The zero-order valence-electron chi connectivity index (χ0n) is 16.4. The fraction of sp³-hybridized carbons (Fsp3) is 0.450. The van der Waals surface area contributed by atoms with E-state index in [1.165, 1.54) is 35.9 Å². The molecule has 4 heterocycles. The van der Waals surface area contributed by atoms with Crippen LogP contribution in [0.4, 0.5) is 5.69 Å². The van der Waals surface area contributed by atoms with Gasteiger partial charge in [-0.15, -0.1) is 11.3 Å². The Morgan fingerprint density at radius 2 is 1.97 bits per heavy atom. The van der Waals surface area contributed by atoms with Gasteiger partial charge in [-0.2, -0.15) is 0 Å². The molecule has 3 aliphatic heterocycles. The lowest BCUT2D eigenvalue weighted by atomic mass is 9.79. The van der Waals surface area contributed by atoms with Crippen LogP contribution in [0, 0.1) is 5.92 Å². The number of sulfonamides is 1. The smallest absolute Gasteiger partial charge is 0.261 e. The second-order valence-corrected chi connectivity index (χ2v) is 11.9. The van der Waals surface area contributed by atoms with E-state index in [9.17, 15) is 13.2 Å². The Morgan fingerprint density at radius 3 is 2.66 bits per heavy atom. The molecule has 5 rings (SSSR count). The molecule has 2 N–H and O–H groups in total. The molecule has 29 heavy (non-hydrogen) atoms. The first-order valence-electron chi connectivity index (χ1n) is 9.69. The summed E-state index contributed by atoms with van der Waals surface area (Å²) >= 11 is 2.98. The van der Waals surface area contributed by atoms with Gasteiger partial charge in [-0.1, -0.05) is 17.8 Å². The summed E-state index contributed by atoms with van der Waals surface area (Å²) in [6.45, 7) is 4.50. The van der Waals surface area contributed by atoms with Crippen LogP contribution in [0.5, 0.6) is 0 Å². The van der Waals surface area contributed by atoms with Gasteiger partial charge in [-0.3, -0.25) is 14.4 Å². The molecular weight excluding hydrogens is 426 g/mol. The number of thiophene rings is 1. The largest absolute Gasteiger partial charge is 0.347 e. The second-order valence-electron chi connectivity index (χ2n) is 7.74. The predicted octanol–water partition coefficient (Wildman–Crippen LogP) is 3.48. The van der Waals surface area contributed by atoms with E-state index in [1.54, 1.807) is 12.1 Å². The molecule has 1 aromatic heterocycles. The molecule has 2 atom stereocenters. The molecule has 3 fully saturated rings. The fourth-order valence-electron chi connectivity index (χ4n) is 4.22. The van der Waals surface area contributed by atoms with Gasteiger partial charge in [0, 0.05) is 22.7 Å². The number of nitrogens with zero attached hydrogens (tertiary/aromatic N) is 1. The minimum atomic E-state index is -3.31. The molecule has 2 aromatic rings. The maximum atomic E-state index is 12.8. The highest BCUT2D eigenvalue weighted by molar-refractivity contribution is 8.01. The third-order valence-corrected chi connectivity index (χ3v) is 8.45. The zero-order valence-corrected chi connectivity index (χ0v) is 18.9. The summed E-state index contributed by atoms with van der Waals surface area (Å²) in [5.74, 6) is 0.581. The Bertz CT molecular complexity index is 995. The molecule has 6 nitrogen and oxygen atoms in total. The van der Waals surface area contributed by atoms with Crippen LogP contribution in [-0.4, -0.2) is 50.7 Å². The maximum Gasteiger partial charge on any atom is 0.261 e. The summed E-state index contributed by atoms with van der Waals surface area (Å²) in [5, 5.41) is 3.27. The standard InChI is InChI=1S/C20H25N3O3S3/c1-13-19(14-8-10-23(13)11-9-14)21-20(24)17-6-7-18(28-17)27-16-5-3-4-15(12-16)22-29(2,25)26/h3-7,12-14,19,22H,8-11H2,1-2H3,(H,21,24)/t13-,19+/m1/s1. The topological polar surface area (TPSA) is 78.5 Å². The highest BCUT2D eigenvalue weighted by atomic mass is 32.2. The van der Waals surface area contributed by atoms with Crippen LogP contribution >= 0.6 is 23.1 Å². The molecule has 0 radical (unpaired) electrons. The van der Waals surface area contributed by atoms with Crippen molar-refractivity contribution >= 4 is 44.7 Å². The van der Waals surface area contributed by atoms with Crippen molar-refractivity contribution in [1.29, 1.82) is 0 Å². The maximum absolute atomic E-state index is 12.8. The number of fused-ring (bicyclic) bond motifs is 3. The van der Waals surface area contributed by atoms with Gasteiger partial charge in [0.15, 0.2) is 0 Å². The van der Waals surface area contributed by atoms with Crippen LogP contribution in [-0.2, 0) is 10.0 Å². The average Bonchev–Trinajstić information content (AvgIpc) is 3.12. The van der Waals surface area contributed by atoms with Gasteiger partial charge in [0.05, 0.1) is 15.3 Å². The van der Waals surface area contributed by atoms with Crippen LogP contribution < -0.4 is 10.0 Å². The lowest BCUT2D eigenvalue weighted by Crippen LogP contribution is -2.62. The van der Waals surface area contributed by atoms with Gasteiger partial charge in [-0.25, -0.2) is 8.42 Å².